The molecule has 0 radical (unpaired) electrons. The summed E-state index contributed by atoms with van der Waals surface area (Å²) in [5, 5.41) is 8.35. The highest BCUT2D eigenvalue weighted by Crippen LogP contribution is 2.20. The molecule has 14 heavy (non-hydrogen) atoms. The quantitative estimate of drug-likeness (QED) is 0.763. The minimum Gasteiger partial charge on any atom is -0.480 e. The highest BCUT2D eigenvalue weighted by atomic mass is 32.1. The first-order chi connectivity index (χ1) is 6.59. The molecule has 1 aromatic heterocycles. The van der Waals surface area contributed by atoms with Gasteiger partial charge < -0.3 is 9.84 Å². The number of hydrogen-bond acceptors (Lipinski definition) is 3. The van der Waals surface area contributed by atoms with Crippen LogP contribution in [0, 0.1) is 13.8 Å². The zero-order chi connectivity index (χ0) is 10.6. The maximum atomic E-state index is 10.2. The molecule has 78 valence electrons. The van der Waals surface area contributed by atoms with Gasteiger partial charge in [0.25, 0.3) is 0 Å². The Morgan fingerprint density at radius 3 is 2.79 bits per heavy atom. The maximum Gasteiger partial charge on any atom is 0.329 e. The number of aliphatic carboxylic acids is 1. The minimum absolute atomic E-state index is 0.206. The van der Waals surface area contributed by atoms with E-state index in [1.165, 1.54) is 15.3 Å². The van der Waals surface area contributed by atoms with E-state index in [0.29, 0.717) is 6.61 Å². The van der Waals surface area contributed by atoms with Crippen molar-refractivity contribution in [1.82, 2.24) is 0 Å². The SMILES string of the molecule is Cc1cc(CCOCC(=O)O)c(C)s1. The molecule has 0 aliphatic rings. The van der Waals surface area contributed by atoms with Crippen molar-refractivity contribution >= 4 is 17.3 Å². The van der Waals surface area contributed by atoms with Crippen LogP contribution in [0.1, 0.15) is 15.3 Å². The summed E-state index contributed by atoms with van der Waals surface area (Å²) in [5.41, 5.74) is 1.26. The van der Waals surface area contributed by atoms with Crippen LogP contribution in [0.25, 0.3) is 0 Å². The third-order valence-electron chi connectivity index (χ3n) is 1.89. The van der Waals surface area contributed by atoms with E-state index in [4.69, 9.17) is 9.84 Å². The Hall–Kier alpha value is -0.870. The minimum atomic E-state index is -0.914. The number of hydrogen-bond donors (Lipinski definition) is 1. The highest BCUT2D eigenvalue weighted by Gasteiger charge is 2.03. The lowest BCUT2D eigenvalue weighted by Crippen LogP contribution is -2.09. The van der Waals surface area contributed by atoms with Crippen LogP contribution in [0.15, 0.2) is 6.07 Å². The fourth-order valence-electron chi connectivity index (χ4n) is 1.27. The number of rotatable bonds is 5. The van der Waals surface area contributed by atoms with Gasteiger partial charge >= 0.3 is 5.97 Å². The lowest BCUT2D eigenvalue weighted by molar-refractivity contribution is -0.142. The van der Waals surface area contributed by atoms with Gasteiger partial charge in [0, 0.05) is 9.75 Å². The van der Waals surface area contributed by atoms with E-state index in [2.05, 4.69) is 19.9 Å². The molecule has 0 atom stereocenters. The van der Waals surface area contributed by atoms with Crippen molar-refractivity contribution in [1.29, 1.82) is 0 Å². The van der Waals surface area contributed by atoms with Gasteiger partial charge in [0.05, 0.1) is 6.61 Å². The summed E-state index contributed by atoms with van der Waals surface area (Å²) in [6.07, 6.45) is 0.795. The van der Waals surface area contributed by atoms with Gasteiger partial charge in [0.1, 0.15) is 6.61 Å². The smallest absolute Gasteiger partial charge is 0.329 e. The molecule has 3 nitrogen and oxygen atoms in total. The lowest BCUT2D eigenvalue weighted by Gasteiger charge is -2.00. The molecule has 4 heteroatoms. The van der Waals surface area contributed by atoms with Crippen molar-refractivity contribution in [3.05, 3.63) is 21.4 Å². The summed E-state index contributed by atoms with van der Waals surface area (Å²) in [4.78, 5) is 12.7. The fraction of sp³-hybridized carbons (Fsp3) is 0.500. The van der Waals surface area contributed by atoms with Gasteiger partial charge in [-0.25, -0.2) is 4.79 Å². The molecule has 0 spiro atoms. The first kappa shape index (κ1) is 11.2. The number of thiophene rings is 1. The van der Waals surface area contributed by atoms with Crippen LogP contribution in [0.3, 0.4) is 0 Å². The summed E-state index contributed by atoms with van der Waals surface area (Å²) >= 11 is 1.76. The molecule has 1 aromatic rings. The molecule has 0 aromatic carbocycles. The Labute approximate surface area is 87.3 Å². The molecule has 0 bridgehead atoms. The van der Waals surface area contributed by atoms with E-state index in [9.17, 15) is 4.79 Å². The molecular formula is C10H14O3S. The Balaban J connectivity index is 2.31. The summed E-state index contributed by atoms with van der Waals surface area (Å²) < 4.78 is 4.97. The largest absolute Gasteiger partial charge is 0.480 e. The van der Waals surface area contributed by atoms with Crippen molar-refractivity contribution in [3.63, 3.8) is 0 Å². The van der Waals surface area contributed by atoms with Gasteiger partial charge in [-0.05, 0) is 31.9 Å². The van der Waals surface area contributed by atoms with Crippen molar-refractivity contribution < 1.29 is 14.6 Å². The Morgan fingerprint density at radius 1 is 1.57 bits per heavy atom. The zero-order valence-electron chi connectivity index (χ0n) is 8.37. The number of aryl methyl sites for hydroxylation is 2. The van der Waals surface area contributed by atoms with Crippen LogP contribution < -0.4 is 0 Å². The predicted molar refractivity (Wildman–Crippen MR) is 56.0 cm³/mol. The van der Waals surface area contributed by atoms with Crippen LogP contribution in [-0.4, -0.2) is 24.3 Å². The third kappa shape index (κ3) is 3.47. The number of carbonyl (C=O) groups is 1. The van der Waals surface area contributed by atoms with Crippen LogP contribution in [-0.2, 0) is 16.0 Å². The number of carboxylic acids is 1. The third-order valence-corrected chi connectivity index (χ3v) is 2.89. The first-order valence-corrected chi connectivity index (χ1v) is 5.26. The average Bonchev–Trinajstić information content (AvgIpc) is 2.39. The van der Waals surface area contributed by atoms with Crippen molar-refractivity contribution in [2.24, 2.45) is 0 Å². The molecule has 0 aliphatic carbocycles. The van der Waals surface area contributed by atoms with Crippen LogP contribution in [0.2, 0.25) is 0 Å². The lowest BCUT2D eigenvalue weighted by atomic mass is 10.2. The molecule has 0 amide bonds. The van der Waals surface area contributed by atoms with Crippen LogP contribution in [0.4, 0.5) is 0 Å². The van der Waals surface area contributed by atoms with Crippen molar-refractivity contribution in [3.8, 4) is 0 Å². The topological polar surface area (TPSA) is 46.5 Å². The van der Waals surface area contributed by atoms with Gasteiger partial charge in [-0.2, -0.15) is 0 Å². The second-order valence-corrected chi connectivity index (χ2v) is 4.60. The molecule has 1 rings (SSSR count). The van der Waals surface area contributed by atoms with Gasteiger partial charge in [-0.3, -0.25) is 0 Å². The monoisotopic (exact) mass is 214 g/mol. The Kier molecular flexibility index (Phi) is 4.10. The van der Waals surface area contributed by atoms with Crippen molar-refractivity contribution in [2.75, 3.05) is 13.2 Å². The van der Waals surface area contributed by atoms with E-state index in [0.717, 1.165) is 6.42 Å². The molecular weight excluding hydrogens is 200 g/mol. The number of carboxylic acid groups (broad SMARTS) is 1. The molecule has 0 saturated carbocycles. The van der Waals surface area contributed by atoms with Crippen LogP contribution >= 0.6 is 11.3 Å². The Morgan fingerprint density at radius 2 is 2.29 bits per heavy atom. The van der Waals surface area contributed by atoms with Gasteiger partial charge in [-0.1, -0.05) is 0 Å². The van der Waals surface area contributed by atoms with Gasteiger partial charge in [0.15, 0.2) is 0 Å². The van der Waals surface area contributed by atoms with E-state index >= 15 is 0 Å². The van der Waals surface area contributed by atoms with E-state index in [-0.39, 0.29) is 6.61 Å². The van der Waals surface area contributed by atoms with E-state index < -0.39 is 5.97 Å². The Bertz CT molecular complexity index is 317. The summed E-state index contributed by atoms with van der Waals surface area (Å²) in [7, 11) is 0. The van der Waals surface area contributed by atoms with E-state index in [1.807, 2.05) is 0 Å². The van der Waals surface area contributed by atoms with Crippen LogP contribution in [0.5, 0.6) is 0 Å². The predicted octanol–water partition coefficient (Wildman–Crippen LogP) is 2.01. The molecule has 0 aliphatic heterocycles. The average molecular weight is 214 g/mol. The molecule has 0 saturated heterocycles. The second kappa shape index (κ2) is 5.12. The van der Waals surface area contributed by atoms with Gasteiger partial charge in [0.2, 0.25) is 0 Å². The van der Waals surface area contributed by atoms with Crippen molar-refractivity contribution in [2.45, 2.75) is 20.3 Å². The fourth-order valence-corrected chi connectivity index (χ4v) is 2.25. The summed E-state index contributed by atoms with van der Waals surface area (Å²) in [6.45, 7) is 4.41. The number of ether oxygens (including phenoxy) is 1. The standard InChI is InChI=1S/C10H14O3S/c1-7-5-9(8(2)14-7)3-4-13-6-10(11)12/h5H,3-4,6H2,1-2H3,(H,11,12). The second-order valence-electron chi connectivity index (χ2n) is 3.13. The summed E-state index contributed by atoms with van der Waals surface area (Å²) in [5.74, 6) is -0.914. The van der Waals surface area contributed by atoms with Gasteiger partial charge in [-0.15, -0.1) is 11.3 Å². The maximum absolute atomic E-state index is 10.2. The zero-order valence-corrected chi connectivity index (χ0v) is 9.19. The molecule has 1 heterocycles. The van der Waals surface area contributed by atoms with E-state index in [1.54, 1.807) is 11.3 Å². The first-order valence-electron chi connectivity index (χ1n) is 4.45. The molecule has 0 fully saturated rings. The summed E-state index contributed by atoms with van der Waals surface area (Å²) in [6, 6.07) is 2.13. The molecule has 1 N–H and O–H groups in total. The highest BCUT2D eigenvalue weighted by molar-refractivity contribution is 7.12. The normalized spacial score (nSPS) is 10.4. The molecule has 0 unspecified atom stereocenters.